The molecular formula is C8H16N2O4. The predicted octanol–water partition coefficient (Wildman–Crippen LogP) is -1.86. The fraction of sp³-hybridized carbons (Fsp3) is 0.875. The van der Waals surface area contributed by atoms with Gasteiger partial charge in [-0.25, -0.2) is 0 Å². The maximum Gasteiger partial charge on any atom is 0.247 e. The van der Waals surface area contributed by atoms with Crippen LogP contribution in [0, 0.1) is 0 Å². The summed E-state index contributed by atoms with van der Waals surface area (Å²) in [6.07, 6.45) is -1.12. The molecule has 1 rings (SSSR count). The van der Waals surface area contributed by atoms with Crippen molar-refractivity contribution in [3.8, 4) is 0 Å². The standard InChI is InChI=1S/C8H16N2O4/c1-13-8(14-2)4-10(5-8)3-6(11)7(9)12/h6,11H,3-5H2,1-2H3,(H2,9,12). The number of carbonyl (C=O) groups excluding carboxylic acids is 1. The Morgan fingerprint density at radius 2 is 2.07 bits per heavy atom. The van der Waals surface area contributed by atoms with Crippen molar-refractivity contribution in [2.24, 2.45) is 5.73 Å². The highest BCUT2D eigenvalue weighted by Crippen LogP contribution is 2.24. The van der Waals surface area contributed by atoms with Crippen molar-refractivity contribution >= 4 is 5.91 Å². The van der Waals surface area contributed by atoms with Gasteiger partial charge in [-0.3, -0.25) is 9.69 Å². The van der Waals surface area contributed by atoms with E-state index in [9.17, 15) is 9.90 Å². The monoisotopic (exact) mass is 204 g/mol. The highest BCUT2D eigenvalue weighted by molar-refractivity contribution is 5.78. The number of primary amides is 1. The smallest absolute Gasteiger partial charge is 0.247 e. The molecular weight excluding hydrogens is 188 g/mol. The summed E-state index contributed by atoms with van der Waals surface area (Å²) in [5.74, 6) is -1.30. The Morgan fingerprint density at radius 1 is 1.57 bits per heavy atom. The van der Waals surface area contributed by atoms with Crippen molar-refractivity contribution in [1.29, 1.82) is 0 Å². The van der Waals surface area contributed by atoms with Crippen molar-refractivity contribution in [1.82, 2.24) is 4.90 Å². The summed E-state index contributed by atoms with van der Waals surface area (Å²) < 4.78 is 10.3. The Hall–Kier alpha value is -0.690. The Labute approximate surface area is 82.6 Å². The molecule has 0 aromatic carbocycles. The van der Waals surface area contributed by atoms with Gasteiger partial charge < -0.3 is 20.3 Å². The molecule has 6 nitrogen and oxygen atoms in total. The van der Waals surface area contributed by atoms with E-state index in [-0.39, 0.29) is 6.54 Å². The molecule has 6 heteroatoms. The average molecular weight is 204 g/mol. The van der Waals surface area contributed by atoms with Crippen LogP contribution >= 0.6 is 0 Å². The van der Waals surface area contributed by atoms with Gasteiger partial charge in [-0.1, -0.05) is 0 Å². The van der Waals surface area contributed by atoms with E-state index in [1.54, 1.807) is 14.2 Å². The van der Waals surface area contributed by atoms with E-state index in [0.717, 1.165) is 0 Å². The molecule has 1 fully saturated rings. The van der Waals surface area contributed by atoms with E-state index in [2.05, 4.69) is 0 Å². The Bertz CT molecular complexity index is 209. The van der Waals surface area contributed by atoms with Gasteiger partial charge in [0.05, 0.1) is 13.1 Å². The van der Waals surface area contributed by atoms with Crippen molar-refractivity contribution in [2.75, 3.05) is 33.9 Å². The SMILES string of the molecule is COC1(OC)CN(CC(O)C(N)=O)C1. The molecule has 82 valence electrons. The van der Waals surface area contributed by atoms with Crippen LogP contribution in [0.25, 0.3) is 0 Å². The van der Waals surface area contributed by atoms with Crippen LogP contribution in [-0.4, -0.2) is 61.7 Å². The quantitative estimate of drug-likeness (QED) is 0.513. The summed E-state index contributed by atoms with van der Waals surface area (Å²) in [7, 11) is 3.12. The van der Waals surface area contributed by atoms with Gasteiger partial charge in [-0.05, 0) is 0 Å². The summed E-state index contributed by atoms with van der Waals surface area (Å²) in [5, 5.41) is 9.18. The Balaban J connectivity index is 2.30. The first kappa shape index (κ1) is 11.4. The number of hydrogen-bond acceptors (Lipinski definition) is 5. The van der Waals surface area contributed by atoms with E-state index < -0.39 is 17.8 Å². The lowest BCUT2D eigenvalue weighted by Crippen LogP contribution is -2.65. The number of nitrogens with two attached hydrogens (primary N) is 1. The zero-order valence-electron chi connectivity index (χ0n) is 8.40. The van der Waals surface area contributed by atoms with Gasteiger partial charge in [-0.15, -0.1) is 0 Å². The average Bonchev–Trinajstić information content (AvgIpc) is 2.10. The van der Waals surface area contributed by atoms with Gasteiger partial charge in [0.15, 0.2) is 5.79 Å². The number of ether oxygens (including phenoxy) is 2. The Kier molecular flexibility index (Phi) is 3.43. The molecule has 0 aromatic rings. The number of nitrogens with zero attached hydrogens (tertiary/aromatic N) is 1. The number of rotatable bonds is 5. The van der Waals surface area contributed by atoms with E-state index in [1.165, 1.54) is 0 Å². The summed E-state index contributed by atoms with van der Waals surface area (Å²) in [6.45, 7) is 1.29. The van der Waals surface area contributed by atoms with Gasteiger partial charge in [0, 0.05) is 20.8 Å². The van der Waals surface area contributed by atoms with Gasteiger partial charge in [0.25, 0.3) is 0 Å². The number of β-amino-alcohol motifs (C(OH)–C–C–N with tert-alkyl or cyclic N) is 1. The van der Waals surface area contributed by atoms with Crippen molar-refractivity contribution < 1.29 is 19.4 Å². The number of aliphatic hydroxyl groups excluding tert-OH is 1. The fourth-order valence-electron chi connectivity index (χ4n) is 1.44. The van der Waals surface area contributed by atoms with Crippen LogP contribution in [0.5, 0.6) is 0 Å². The second-order valence-electron chi connectivity index (χ2n) is 3.41. The second kappa shape index (κ2) is 4.22. The molecule has 14 heavy (non-hydrogen) atoms. The van der Waals surface area contributed by atoms with Crippen LogP contribution in [-0.2, 0) is 14.3 Å². The lowest BCUT2D eigenvalue weighted by Gasteiger charge is -2.47. The minimum Gasteiger partial charge on any atom is -0.382 e. The van der Waals surface area contributed by atoms with E-state index in [1.807, 2.05) is 4.90 Å². The van der Waals surface area contributed by atoms with Crippen LogP contribution in [0.1, 0.15) is 0 Å². The molecule has 1 amide bonds. The van der Waals surface area contributed by atoms with Gasteiger partial charge in [0.1, 0.15) is 6.10 Å². The summed E-state index contributed by atoms with van der Waals surface area (Å²) in [4.78, 5) is 12.4. The molecule has 1 aliphatic rings. The lowest BCUT2D eigenvalue weighted by atomic mass is 10.1. The topological polar surface area (TPSA) is 85.0 Å². The highest BCUT2D eigenvalue weighted by atomic mass is 16.7. The normalized spacial score (nSPS) is 22.8. The number of aliphatic hydroxyl groups is 1. The number of amides is 1. The first-order valence-corrected chi connectivity index (χ1v) is 4.33. The van der Waals surface area contributed by atoms with Crippen LogP contribution in [0.4, 0.5) is 0 Å². The highest BCUT2D eigenvalue weighted by Gasteiger charge is 2.44. The molecule has 1 atom stereocenters. The first-order valence-electron chi connectivity index (χ1n) is 4.33. The zero-order valence-corrected chi connectivity index (χ0v) is 8.40. The van der Waals surface area contributed by atoms with E-state index in [4.69, 9.17) is 15.2 Å². The van der Waals surface area contributed by atoms with Crippen molar-refractivity contribution in [3.05, 3.63) is 0 Å². The predicted molar refractivity (Wildman–Crippen MR) is 48.4 cm³/mol. The minimum atomic E-state index is -1.12. The molecule has 1 aliphatic heterocycles. The molecule has 0 radical (unpaired) electrons. The van der Waals surface area contributed by atoms with Gasteiger partial charge in [-0.2, -0.15) is 0 Å². The van der Waals surface area contributed by atoms with E-state index in [0.29, 0.717) is 13.1 Å². The molecule has 1 saturated heterocycles. The number of carbonyl (C=O) groups is 1. The van der Waals surface area contributed by atoms with Gasteiger partial charge in [0.2, 0.25) is 5.91 Å². The van der Waals surface area contributed by atoms with Crippen LogP contribution in [0.3, 0.4) is 0 Å². The molecule has 0 aromatic heterocycles. The largest absolute Gasteiger partial charge is 0.382 e. The third-order valence-corrected chi connectivity index (χ3v) is 2.43. The van der Waals surface area contributed by atoms with Crippen molar-refractivity contribution in [3.63, 3.8) is 0 Å². The fourth-order valence-corrected chi connectivity index (χ4v) is 1.44. The first-order chi connectivity index (χ1) is 6.53. The zero-order chi connectivity index (χ0) is 10.8. The summed E-state index contributed by atoms with van der Waals surface area (Å²) in [5.41, 5.74) is 4.92. The van der Waals surface area contributed by atoms with Crippen LogP contribution < -0.4 is 5.73 Å². The number of hydrogen-bond donors (Lipinski definition) is 2. The summed E-state index contributed by atoms with van der Waals surface area (Å²) >= 11 is 0. The third-order valence-electron chi connectivity index (χ3n) is 2.43. The number of methoxy groups -OCH3 is 2. The summed E-state index contributed by atoms with van der Waals surface area (Å²) in [6, 6.07) is 0. The molecule has 0 saturated carbocycles. The molecule has 3 N–H and O–H groups in total. The molecule has 1 unspecified atom stereocenters. The van der Waals surface area contributed by atoms with E-state index >= 15 is 0 Å². The van der Waals surface area contributed by atoms with Crippen LogP contribution in [0.2, 0.25) is 0 Å². The molecule has 0 bridgehead atoms. The molecule has 0 aliphatic carbocycles. The minimum absolute atomic E-state index is 0.226. The maximum atomic E-state index is 10.6. The third kappa shape index (κ3) is 2.21. The number of likely N-dealkylation sites (tertiary alicyclic amines) is 1. The lowest BCUT2D eigenvalue weighted by molar-refractivity contribution is -0.277. The second-order valence-corrected chi connectivity index (χ2v) is 3.41. The van der Waals surface area contributed by atoms with Crippen LogP contribution in [0.15, 0.2) is 0 Å². The molecule has 1 heterocycles. The van der Waals surface area contributed by atoms with Gasteiger partial charge >= 0.3 is 0 Å². The van der Waals surface area contributed by atoms with Crippen molar-refractivity contribution in [2.45, 2.75) is 11.9 Å². The Morgan fingerprint density at radius 3 is 2.43 bits per heavy atom. The molecule has 0 spiro atoms. The maximum absolute atomic E-state index is 10.6.